The van der Waals surface area contributed by atoms with Gasteiger partial charge < -0.3 is 20.9 Å². The molecule has 0 bridgehead atoms. The number of para-hydroxylation sites is 1. The minimum atomic E-state index is -0.102. The van der Waals surface area contributed by atoms with Gasteiger partial charge in [0.25, 0.3) is 0 Å². The van der Waals surface area contributed by atoms with Gasteiger partial charge in [-0.2, -0.15) is 5.10 Å². The second-order valence-corrected chi connectivity index (χ2v) is 5.23. The molecule has 4 N–H and O–H groups in total. The standard InChI is InChI=1S/C17H19ClN4O2/c18-15-11-13(12-21-22-17(19)20)7-8-16(15)24-10-4-9-23-14-5-2-1-3-6-14/h1-3,5-8,11-12H,4,9-10H2,(H4,19,20,22)/b21-12+. The van der Waals surface area contributed by atoms with Crippen molar-refractivity contribution in [2.45, 2.75) is 6.42 Å². The predicted octanol–water partition coefficient (Wildman–Crippen LogP) is 2.80. The highest BCUT2D eigenvalue weighted by Crippen LogP contribution is 2.25. The fraction of sp³-hybridized carbons (Fsp3) is 0.176. The Bertz CT molecular complexity index is 701. The number of benzene rings is 2. The summed E-state index contributed by atoms with van der Waals surface area (Å²) in [4.78, 5) is 0. The largest absolute Gasteiger partial charge is 0.493 e. The Morgan fingerprint density at radius 2 is 1.79 bits per heavy atom. The van der Waals surface area contributed by atoms with Gasteiger partial charge in [-0.3, -0.25) is 0 Å². The molecule has 2 aromatic carbocycles. The number of hydrogen-bond donors (Lipinski definition) is 2. The normalized spacial score (nSPS) is 10.5. The van der Waals surface area contributed by atoms with E-state index in [1.165, 1.54) is 6.21 Å². The van der Waals surface area contributed by atoms with Crippen molar-refractivity contribution in [2.75, 3.05) is 13.2 Å². The molecule has 0 aliphatic rings. The van der Waals surface area contributed by atoms with E-state index in [9.17, 15) is 0 Å². The van der Waals surface area contributed by atoms with Crippen LogP contribution in [0.3, 0.4) is 0 Å². The first-order valence-corrected chi connectivity index (χ1v) is 7.75. The number of halogens is 1. The summed E-state index contributed by atoms with van der Waals surface area (Å²) < 4.78 is 11.2. The Hall–Kier alpha value is -2.73. The van der Waals surface area contributed by atoms with Crippen molar-refractivity contribution < 1.29 is 9.47 Å². The van der Waals surface area contributed by atoms with Crippen LogP contribution in [0, 0.1) is 0 Å². The highest BCUT2D eigenvalue weighted by molar-refractivity contribution is 6.32. The van der Waals surface area contributed by atoms with Gasteiger partial charge in [0.1, 0.15) is 11.5 Å². The van der Waals surface area contributed by atoms with Crippen molar-refractivity contribution in [2.24, 2.45) is 21.7 Å². The van der Waals surface area contributed by atoms with Crippen molar-refractivity contribution in [1.82, 2.24) is 0 Å². The number of hydrogen-bond acceptors (Lipinski definition) is 4. The molecule has 0 saturated carbocycles. The van der Waals surface area contributed by atoms with Crippen LogP contribution >= 0.6 is 11.6 Å². The van der Waals surface area contributed by atoms with Crippen LogP contribution in [-0.4, -0.2) is 25.4 Å². The summed E-state index contributed by atoms with van der Waals surface area (Å²) in [6.45, 7) is 1.08. The van der Waals surface area contributed by atoms with E-state index in [-0.39, 0.29) is 5.96 Å². The zero-order valence-corrected chi connectivity index (χ0v) is 13.8. The molecule has 0 saturated heterocycles. The van der Waals surface area contributed by atoms with Crippen molar-refractivity contribution in [3.05, 3.63) is 59.1 Å². The number of ether oxygens (including phenoxy) is 2. The summed E-state index contributed by atoms with van der Waals surface area (Å²) in [5.41, 5.74) is 11.1. The molecule has 7 heteroatoms. The van der Waals surface area contributed by atoms with Gasteiger partial charge in [0, 0.05) is 6.42 Å². The third-order valence-electron chi connectivity index (χ3n) is 2.89. The van der Waals surface area contributed by atoms with E-state index in [2.05, 4.69) is 10.2 Å². The minimum absolute atomic E-state index is 0.102. The van der Waals surface area contributed by atoms with Gasteiger partial charge in [-0.15, -0.1) is 5.10 Å². The highest BCUT2D eigenvalue weighted by atomic mass is 35.5. The fourth-order valence-corrected chi connectivity index (χ4v) is 2.07. The number of rotatable bonds is 8. The Morgan fingerprint density at radius 1 is 1.04 bits per heavy atom. The monoisotopic (exact) mass is 346 g/mol. The van der Waals surface area contributed by atoms with Crippen LogP contribution < -0.4 is 20.9 Å². The van der Waals surface area contributed by atoms with E-state index in [0.29, 0.717) is 24.0 Å². The lowest BCUT2D eigenvalue weighted by Crippen LogP contribution is -2.21. The van der Waals surface area contributed by atoms with E-state index >= 15 is 0 Å². The van der Waals surface area contributed by atoms with E-state index in [4.69, 9.17) is 32.5 Å². The Labute approximate surface area is 145 Å². The summed E-state index contributed by atoms with van der Waals surface area (Å²) in [5, 5.41) is 7.74. The smallest absolute Gasteiger partial charge is 0.211 e. The molecule has 0 aliphatic heterocycles. The Balaban J connectivity index is 1.76. The summed E-state index contributed by atoms with van der Waals surface area (Å²) in [7, 11) is 0. The Morgan fingerprint density at radius 3 is 2.50 bits per heavy atom. The molecule has 0 amide bonds. The van der Waals surface area contributed by atoms with Crippen LogP contribution in [0.15, 0.2) is 58.7 Å². The lowest BCUT2D eigenvalue weighted by molar-refractivity contribution is 0.247. The van der Waals surface area contributed by atoms with Crippen LogP contribution in [-0.2, 0) is 0 Å². The maximum absolute atomic E-state index is 6.18. The van der Waals surface area contributed by atoms with Crippen molar-refractivity contribution >= 4 is 23.8 Å². The van der Waals surface area contributed by atoms with E-state index in [0.717, 1.165) is 17.7 Å². The van der Waals surface area contributed by atoms with Crippen LogP contribution in [0.2, 0.25) is 5.02 Å². The molecular formula is C17H19ClN4O2. The van der Waals surface area contributed by atoms with Gasteiger partial charge in [-0.25, -0.2) is 0 Å². The fourth-order valence-electron chi connectivity index (χ4n) is 1.82. The van der Waals surface area contributed by atoms with Gasteiger partial charge in [0.05, 0.1) is 24.5 Å². The number of guanidine groups is 1. The maximum Gasteiger partial charge on any atom is 0.211 e. The zero-order chi connectivity index (χ0) is 17.2. The molecule has 0 spiro atoms. The van der Waals surface area contributed by atoms with Crippen LogP contribution in [0.4, 0.5) is 0 Å². The van der Waals surface area contributed by atoms with E-state index < -0.39 is 0 Å². The van der Waals surface area contributed by atoms with Gasteiger partial charge in [-0.1, -0.05) is 29.8 Å². The molecule has 24 heavy (non-hydrogen) atoms. The number of nitrogens with zero attached hydrogens (tertiary/aromatic N) is 2. The third kappa shape index (κ3) is 6.18. The molecule has 2 aromatic rings. The third-order valence-corrected chi connectivity index (χ3v) is 3.19. The van der Waals surface area contributed by atoms with E-state index in [1.807, 2.05) is 36.4 Å². The molecular weight excluding hydrogens is 328 g/mol. The first-order valence-electron chi connectivity index (χ1n) is 7.37. The molecule has 126 valence electrons. The summed E-state index contributed by atoms with van der Waals surface area (Å²) in [5.74, 6) is 1.35. The van der Waals surface area contributed by atoms with Gasteiger partial charge >= 0.3 is 0 Å². The summed E-state index contributed by atoms with van der Waals surface area (Å²) in [6, 6.07) is 15.0. The van der Waals surface area contributed by atoms with Crippen LogP contribution in [0.25, 0.3) is 0 Å². The summed E-state index contributed by atoms with van der Waals surface area (Å²) >= 11 is 6.18. The first-order chi connectivity index (χ1) is 11.6. The lowest BCUT2D eigenvalue weighted by Gasteiger charge is -2.09. The lowest BCUT2D eigenvalue weighted by atomic mass is 10.2. The molecule has 0 heterocycles. The quantitative estimate of drug-likeness (QED) is 0.332. The molecule has 0 atom stereocenters. The SMILES string of the molecule is NC(N)=N/N=C/c1ccc(OCCCOc2ccccc2)c(Cl)c1. The van der Waals surface area contributed by atoms with Crippen molar-refractivity contribution in [1.29, 1.82) is 0 Å². The van der Waals surface area contributed by atoms with Gasteiger partial charge in [0.15, 0.2) is 0 Å². The molecule has 6 nitrogen and oxygen atoms in total. The van der Waals surface area contributed by atoms with Crippen molar-refractivity contribution in [3.8, 4) is 11.5 Å². The highest BCUT2D eigenvalue weighted by Gasteiger charge is 2.02. The second kappa shape index (κ2) is 9.42. The zero-order valence-electron chi connectivity index (χ0n) is 13.1. The predicted molar refractivity (Wildman–Crippen MR) is 96.9 cm³/mol. The summed E-state index contributed by atoms with van der Waals surface area (Å²) in [6.07, 6.45) is 2.25. The molecule has 0 aromatic heterocycles. The van der Waals surface area contributed by atoms with Gasteiger partial charge in [-0.05, 0) is 35.9 Å². The van der Waals surface area contributed by atoms with E-state index in [1.54, 1.807) is 12.1 Å². The average molecular weight is 347 g/mol. The first kappa shape index (κ1) is 17.6. The molecule has 0 unspecified atom stereocenters. The Kier molecular flexibility index (Phi) is 6.91. The number of nitrogens with two attached hydrogens (primary N) is 2. The molecule has 2 rings (SSSR count). The molecule has 0 radical (unpaired) electrons. The molecule has 0 aliphatic carbocycles. The second-order valence-electron chi connectivity index (χ2n) is 4.82. The molecule has 0 fully saturated rings. The topological polar surface area (TPSA) is 95.2 Å². The van der Waals surface area contributed by atoms with Gasteiger partial charge in [0.2, 0.25) is 5.96 Å². The maximum atomic E-state index is 6.18. The average Bonchev–Trinajstić information content (AvgIpc) is 2.57. The van der Waals surface area contributed by atoms with Crippen LogP contribution in [0.5, 0.6) is 11.5 Å². The minimum Gasteiger partial charge on any atom is -0.493 e. The van der Waals surface area contributed by atoms with Crippen molar-refractivity contribution in [3.63, 3.8) is 0 Å². The van der Waals surface area contributed by atoms with Crippen LogP contribution in [0.1, 0.15) is 12.0 Å².